The van der Waals surface area contributed by atoms with Gasteiger partial charge in [0, 0.05) is 18.7 Å². The lowest BCUT2D eigenvalue weighted by Gasteiger charge is -2.18. The van der Waals surface area contributed by atoms with E-state index in [0.717, 1.165) is 24.1 Å². The summed E-state index contributed by atoms with van der Waals surface area (Å²) in [6.45, 7) is 5.40. The van der Waals surface area contributed by atoms with Crippen molar-refractivity contribution < 1.29 is 29.2 Å². The number of carbonyl (C=O) groups is 2. The molecule has 0 radical (unpaired) electrons. The van der Waals surface area contributed by atoms with Crippen LogP contribution in [0.3, 0.4) is 0 Å². The van der Waals surface area contributed by atoms with Crippen molar-refractivity contribution in [1.29, 1.82) is 0 Å². The molecule has 1 heterocycles. The van der Waals surface area contributed by atoms with Crippen LogP contribution in [0.5, 0.6) is 5.75 Å². The van der Waals surface area contributed by atoms with Crippen LogP contribution >= 0.6 is 0 Å². The lowest BCUT2D eigenvalue weighted by Crippen LogP contribution is -2.33. The Kier molecular flexibility index (Phi) is 6.82. The zero-order valence-corrected chi connectivity index (χ0v) is 15.5. The van der Waals surface area contributed by atoms with Gasteiger partial charge in [-0.25, -0.2) is 0 Å². The van der Waals surface area contributed by atoms with E-state index < -0.39 is 34.1 Å². The minimum atomic E-state index is -1.04. The Morgan fingerprint density at radius 3 is 2.18 bits per heavy atom. The van der Waals surface area contributed by atoms with Crippen LogP contribution in [0.15, 0.2) is 12.1 Å². The van der Waals surface area contributed by atoms with Gasteiger partial charge in [-0.2, -0.15) is 0 Å². The smallest absolute Gasteiger partial charge is 0.311 e. The second-order valence-electron chi connectivity index (χ2n) is 5.82. The van der Waals surface area contributed by atoms with E-state index in [4.69, 9.17) is 4.74 Å². The second-order valence-corrected chi connectivity index (χ2v) is 5.82. The van der Waals surface area contributed by atoms with Crippen molar-refractivity contribution in [1.82, 2.24) is 9.80 Å². The first-order valence-corrected chi connectivity index (χ1v) is 8.61. The molecule has 12 nitrogen and oxygen atoms in total. The standard InChI is InChI=1S/C16H20N4O8/c1-3-17(4-2)5-7-27-14-10-12-11(9-13(14)19(23)24)15(21)18(16(12)22)6-8-28-20(25)26/h9-10H,3-8H2,1-2H3. The fourth-order valence-electron chi connectivity index (χ4n) is 2.80. The topological polar surface area (TPSA) is 145 Å². The van der Waals surface area contributed by atoms with E-state index in [1.807, 2.05) is 13.8 Å². The zero-order chi connectivity index (χ0) is 20.8. The molecule has 0 N–H and O–H groups in total. The molecule has 1 aliphatic heterocycles. The molecule has 152 valence electrons. The van der Waals surface area contributed by atoms with E-state index in [1.165, 1.54) is 6.07 Å². The molecule has 2 rings (SSSR count). The van der Waals surface area contributed by atoms with Crippen LogP contribution in [0.25, 0.3) is 0 Å². The monoisotopic (exact) mass is 396 g/mol. The van der Waals surface area contributed by atoms with Crippen molar-refractivity contribution in [3.63, 3.8) is 0 Å². The number of rotatable bonds is 11. The quantitative estimate of drug-likeness (QED) is 0.305. The van der Waals surface area contributed by atoms with E-state index in [9.17, 15) is 29.8 Å². The number of benzene rings is 1. The number of ether oxygens (including phenoxy) is 1. The van der Waals surface area contributed by atoms with Gasteiger partial charge in [-0.3, -0.25) is 24.6 Å². The molecule has 0 atom stereocenters. The fraction of sp³-hybridized carbons (Fsp3) is 0.500. The van der Waals surface area contributed by atoms with Gasteiger partial charge in [0.15, 0.2) is 5.75 Å². The van der Waals surface area contributed by atoms with E-state index in [-0.39, 0.29) is 30.0 Å². The average molecular weight is 396 g/mol. The van der Waals surface area contributed by atoms with Gasteiger partial charge in [-0.05, 0) is 13.1 Å². The lowest BCUT2D eigenvalue weighted by atomic mass is 10.1. The molecule has 0 unspecified atom stereocenters. The molecule has 0 saturated carbocycles. The molecule has 12 heteroatoms. The maximum Gasteiger partial charge on any atom is 0.311 e. The molecular weight excluding hydrogens is 376 g/mol. The number of hydrogen-bond acceptors (Lipinski definition) is 9. The predicted octanol–water partition coefficient (Wildman–Crippen LogP) is 1.12. The molecule has 0 spiro atoms. The van der Waals surface area contributed by atoms with Crippen LogP contribution in [0.4, 0.5) is 5.69 Å². The van der Waals surface area contributed by atoms with Crippen LogP contribution in [-0.4, -0.2) is 71.0 Å². The molecule has 1 aromatic rings. The van der Waals surface area contributed by atoms with Crippen LogP contribution in [-0.2, 0) is 4.84 Å². The minimum Gasteiger partial charge on any atom is -0.485 e. The summed E-state index contributed by atoms with van der Waals surface area (Å²) in [5, 5.41) is 20.5. The number of hydrogen-bond donors (Lipinski definition) is 0. The van der Waals surface area contributed by atoms with Gasteiger partial charge in [0.25, 0.3) is 16.9 Å². The average Bonchev–Trinajstić information content (AvgIpc) is 2.88. The number of nitro benzene ring substituents is 1. The first-order chi connectivity index (χ1) is 13.3. The maximum absolute atomic E-state index is 12.4. The second kappa shape index (κ2) is 9.08. The van der Waals surface area contributed by atoms with Crippen molar-refractivity contribution in [3.8, 4) is 5.75 Å². The van der Waals surface area contributed by atoms with Gasteiger partial charge in [0.2, 0.25) is 0 Å². The van der Waals surface area contributed by atoms with Crippen molar-refractivity contribution in [2.45, 2.75) is 13.8 Å². The molecule has 0 bridgehead atoms. The van der Waals surface area contributed by atoms with E-state index in [2.05, 4.69) is 9.74 Å². The summed E-state index contributed by atoms with van der Waals surface area (Å²) in [4.78, 5) is 52.6. The Labute approximate surface area is 159 Å². The highest BCUT2D eigenvalue weighted by molar-refractivity contribution is 6.21. The summed E-state index contributed by atoms with van der Waals surface area (Å²) in [6.07, 6.45) is 0. The lowest BCUT2D eigenvalue weighted by molar-refractivity contribution is -0.757. The van der Waals surface area contributed by atoms with E-state index in [1.54, 1.807) is 0 Å². The van der Waals surface area contributed by atoms with Crippen molar-refractivity contribution in [2.24, 2.45) is 0 Å². The van der Waals surface area contributed by atoms with Gasteiger partial charge < -0.3 is 14.5 Å². The molecule has 0 aromatic heterocycles. The summed E-state index contributed by atoms with van der Waals surface area (Å²) >= 11 is 0. The number of nitro groups is 1. The van der Waals surface area contributed by atoms with Gasteiger partial charge in [0.1, 0.15) is 13.2 Å². The first-order valence-electron chi connectivity index (χ1n) is 8.61. The highest BCUT2D eigenvalue weighted by Crippen LogP contribution is 2.35. The van der Waals surface area contributed by atoms with E-state index >= 15 is 0 Å². The number of imide groups is 1. The van der Waals surface area contributed by atoms with Crippen LogP contribution in [0, 0.1) is 20.2 Å². The number of likely N-dealkylation sites (N-methyl/N-ethyl adjacent to an activating group) is 1. The van der Waals surface area contributed by atoms with Crippen molar-refractivity contribution >= 4 is 17.5 Å². The van der Waals surface area contributed by atoms with Crippen LogP contribution < -0.4 is 4.74 Å². The third kappa shape index (κ3) is 4.52. The molecule has 1 aliphatic rings. The molecule has 2 amide bonds. The number of carbonyl (C=O) groups excluding carboxylic acids is 2. The first kappa shape index (κ1) is 21.0. The highest BCUT2D eigenvalue weighted by Gasteiger charge is 2.38. The van der Waals surface area contributed by atoms with Gasteiger partial charge in [0.05, 0.1) is 22.6 Å². The Hall–Kier alpha value is -3.28. The van der Waals surface area contributed by atoms with Gasteiger partial charge in [-0.1, -0.05) is 13.8 Å². The third-order valence-corrected chi connectivity index (χ3v) is 4.32. The molecule has 0 fully saturated rings. The molecule has 1 aromatic carbocycles. The molecule has 0 saturated heterocycles. The van der Waals surface area contributed by atoms with Crippen LogP contribution in [0.2, 0.25) is 0 Å². The van der Waals surface area contributed by atoms with E-state index in [0.29, 0.717) is 6.54 Å². The van der Waals surface area contributed by atoms with Gasteiger partial charge >= 0.3 is 5.69 Å². The normalized spacial score (nSPS) is 13.0. The summed E-state index contributed by atoms with van der Waals surface area (Å²) < 4.78 is 5.51. The Morgan fingerprint density at radius 1 is 1.04 bits per heavy atom. The Bertz CT molecular complexity index is 793. The van der Waals surface area contributed by atoms with Crippen LogP contribution in [0.1, 0.15) is 34.6 Å². The SMILES string of the molecule is CCN(CC)CCOc1cc2c(cc1[N+](=O)[O-])C(=O)N(CCO[N+](=O)[O-])C2=O. The zero-order valence-electron chi connectivity index (χ0n) is 15.5. The summed E-state index contributed by atoms with van der Waals surface area (Å²) in [6, 6.07) is 2.17. The van der Waals surface area contributed by atoms with Crippen molar-refractivity contribution in [3.05, 3.63) is 43.5 Å². The summed E-state index contributed by atoms with van der Waals surface area (Å²) in [5.41, 5.74) is -0.619. The molecule has 28 heavy (non-hydrogen) atoms. The van der Waals surface area contributed by atoms with Crippen molar-refractivity contribution in [2.75, 3.05) is 39.4 Å². The largest absolute Gasteiger partial charge is 0.485 e. The number of amides is 2. The highest BCUT2D eigenvalue weighted by atomic mass is 16.9. The summed E-state index contributed by atoms with van der Waals surface area (Å²) in [7, 11) is 0. The Balaban J connectivity index is 2.22. The molecular formula is C16H20N4O8. The molecule has 0 aliphatic carbocycles. The maximum atomic E-state index is 12.4. The number of fused-ring (bicyclic) bond motifs is 1. The number of nitrogens with zero attached hydrogens (tertiary/aromatic N) is 4. The summed E-state index contributed by atoms with van der Waals surface area (Å²) in [5.74, 6) is -1.60. The predicted molar refractivity (Wildman–Crippen MR) is 94.7 cm³/mol. The third-order valence-electron chi connectivity index (χ3n) is 4.32. The minimum absolute atomic E-state index is 0.0467. The van der Waals surface area contributed by atoms with Gasteiger partial charge in [-0.15, -0.1) is 10.1 Å². The fourth-order valence-corrected chi connectivity index (χ4v) is 2.80. The Morgan fingerprint density at radius 2 is 1.64 bits per heavy atom.